The minimum Gasteiger partial charge on any atom is -0.495 e. The number of benzene rings is 2. The maximum absolute atomic E-state index is 12.6. The highest BCUT2D eigenvalue weighted by atomic mass is 32.2. The average Bonchev–Trinajstić information content (AvgIpc) is 2.63. The smallest absolute Gasteiger partial charge is 0.265 e. The van der Waals surface area contributed by atoms with E-state index in [1.54, 1.807) is 30.3 Å². The molecule has 2 aromatic rings. The molecule has 0 aliphatic carbocycles. The SMILES string of the molecule is COc1ccccc1S(=O)(=O)Nc1ccc(N2CCCCC2)cc1. The second-order valence-electron chi connectivity index (χ2n) is 5.85. The molecule has 1 heterocycles. The van der Waals surface area contributed by atoms with Gasteiger partial charge in [0.1, 0.15) is 10.6 Å². The number of nitrogens with one attached hydrogen (secondary N) is 1. The molecular weight excluding hydrogens is 324 g/mol. The topological polar surface area (TPSA) is 58.6 Å². The number of hydrogen-bond donors (Lipinski definition) is 1. The zero-order valence-corrected chi connectivity index (χ0v) is 14.6. The normalized spacial score (nSPS) is 15.1. The van der Waals surface area contributed by atoms with Gasteiger partial charge in [-0.3, -0.25) is 4.72 Å². The van der Waals surface area contributed by atoms with Crippen LogP contribution in [0.25, 0.3) is 0 Å². The molecule has 0 amide bonds. The van der Waals surface area contributed by atoms with E-state index >= 15 is 0 Å². The van der Waals surface area contributed by atoms with Gasteiger partial charge in [-0.15, -0.1) is 0 Å². The highest BCUT2D eigenvalue weighted by Crippen LogP contribution is 2.27. The lowest BCUT2D eigenvalue weighted by Crippen LogP contribution is -2.29. The van der Waals surface area contributed by atoms with Gasteiger partial charge in [0.25, 0.3) is 10.0 Å². The standard InChI is InChI=1S/C18H22N2O3S/c1-23-17-7-3-4-8-18(17)24(21,22)19-15-9-11-16(12-10-15)20-13-5-2-6-14-20/h3-4,7-12,19H,2,5-6,13-14H2,1H3. The number of anilines is 2. The summed E-state index contributed by atoms with van der Waals surface area (Å²) < 4.78 is 32.9. The number of methoxy groups -OCH3 is 1. The number of rotatable bonds is 5. The van der Waals surface area contributed by atoms with E-state index in [-0.39, 0.29) is 4.90 Å². The third-order valence-corrected chi connectivity index (χ3v) is 5.62. The number of ether oxygens (including phenoxy) is 1. The third kappa shape index (κ3) is 3.64. The summed E-state index contributed by atoms with van der Waals surface area (Å²) in [5, 5.41) is 0. The van der Waals surface area contributed by atoms with Gasteiger partial charge >= 0.3 is 0 Å². The van der Waals surface area contributed by atoms with Crippen LogP contribution in [-0.4, -0.2) is 28.6 Å². The van der Waals surface area contributed by atoms with Gasteiger partial charge in [0.05, 0.1) is 7.11 Å². The maximum atomic E-state index is 12.6. The summed E-state index contributed by atoms with van der Waals surface area (Å²) in [7, 11) is -2.22. The highest BCUT2D eigenvalue weighted by molar-refractivity contribution is 7.92. The summed E-state index contributed by atoms with van der Waals surface area (Å²) in [5.74, 6) is 0.329. The molecule has 0 radical (unpaired) electrons. The van der Waals surface area contributed by atoms with Crippen molar-refractivity contribution in [2.75, 3.05) is 29.8 Å². The number of hydrogen-bond acceptors (Lipinski definition) is 4. The zero-order valence-electron chi connectivity index (χ0n) is 13.7. The molecule has 1 saturated heterocycles. The summed E-state index contributed by atoms with van der Waals surface area (Å²) in [4.78, 5) is 2.47. The van der Waals surface area contributed by atoms with Crippen molar-refractivity contribution < 1.29 is 13.2 Å². The lowest BCUT2D eigenvalue weighted by Gasteiger charge is -2.28. The molecule has 3 rings (SSSR count). The van der Waals surface area contributed by atoms with Gasteiger partial charge in [0, 0.05) is 24.5 Å². The predicted octanol–water partition coefficient (Wildman–Crippen LogP) is 3.49. The average molecular weight is 346 g/mol. The Kier molecular flexibility index (Phi) is 4.94. The second-order valence-corrected chi connectivity index (χ2v) is 7.50. The fraction of sp³-hybridized carbons (Fsp3) is 0.333. The molecule has 1 aliphatic heterocycles. The molecule has 128 valence electrons. The Bertz CT molecular complexity index is 782. The second kappa shape index (κ2) is 7.13. The van der Waals surface area contributed by atoms with Crippen molar-refractivity contribution in [3.05, 3.63) is 48.5 Å². The van der Waals surface area contributed by atoms with Crippen molar-refractivity contribution in [1.82, 2.24) is 0 Å². The lowest BCUT2D eigenvalue weighted by molar-refractivity contribution is 0.403. The van der Waals surface area contributed by atoms with E-state index in [1.807, 2.05) is 12.1 Å². The van der Waals surface area contributed by atoms with Crippen LogP contribution in [0.5, 0.6) is 5.75 Å². The number of nitrogens with zero attached hydrogens (tertiary/aromatic N) is 1. The summed E-state index contributed by atoms with van der Waals surface area (Å²) in [6.45, 7) is 2.12. The molecule has 0 bridgehead atoms. The minimum absolute atomic E-state index is 0.132. The van der Waals surface area contributed by atoms with Crippen LogP contribution in [0.2, 0.25) is 0 Å². The first kappa shape index (κ1) is 16.6. The Morgan fingerprint density at radius 3 is 2.29 bits per heavy atom. The molecular formula is C18H22N2O3S. The van der Waals surface area contributed by atoms with Crippen molar-refractivity contribution in [2.24, 2.45) is 0 Å². The Balaban J connectivity index is 1.77. The monoisotopic (exact) mass is 346 g/mol. The van der Waals surface area contributed by atoms with Crippen molar-refractivity contribution >= 4 is 21.4 Å². The van der Waals surface area contributed by atoms with E-state index in [0.29, 0.717) is 11.4 Å². The molecule has 0 aromatic heterocycles. The van der Waals surface area contributed by atoms with E-state index in [9.17, 15) is 8.42 Å². The first-order chi connectivity index (χ1) is 11.6. The van der Waals surface area contributed by atoms with Crippen LogP contribution in [0, 0.1) is 0 Å². The first-order valence-electron chi connectivity index (χ1n) is 8.11. The molecule has 2 aromatic carbocycles. The van der Waals surface area contributed by atoms with Crippen LogP contribution in [0.1, 0.15) is 19.3 Å². The van der Waals surface area contributed by atoms with Crippen LogP contribution < -0.4 is 14.4 Å². The molecule has 5 nitrogen and oxygen atoms in total. The van der Waals surface area contributed by atoms with Gasteiger partial charge in [-0.2, -0.15) is 0 Å². The quantitative estimate of drug-likeness (QED) is 0.900. The van der Waals surface area contributed by atoms with E-state index in [4.69, 9.17) is 4.74 Å². The largest absolute Gasteiger partial charge is 0.495 e. The van der Waals surface area contributed by atoms with Crippen LogP contribution >= 0.6 is 0 Å². The van der Waals surface area contributed by atoms with E-state index in [1.165, 1.54) is 32.4 Å². The fourth-order valence-electron chi connectivity index (χ4n) is 2.94. The van der Waals surface area contributed by atoms with E-state index in [2.05, 4.69) is 9.62 Å². The number of sulfonamides is 1. The minimum atomic E-state index is -3.68. The van der Waals surface area contributed by atoms with Crippen LogP contribution in [0.15, 0.2) is 53.4 Å². The first-order valence-corrected chi connectivity index (χ1v) is 9.59. The molecule has 0 spiro atoms. The molecule has 24 heavy (non-hydrogen) atoms. The molecule has 6 heteroatoms. The van der Waals surface area contributed by atoms with Crippen molar-refractivity contribution in [3.63, 3.8) is 0 Å². The third-order valence-electron chi connectivity index (χ3n) is 4.20. The zero-order chi connectivity index (χ0) is 17.0. The molecule has 1 fully saturated rings. The van der Waals surface area contributed by atoms with E-state index in [0.717, 1.165) is 18.8 Å². The Morgan fingerprint density at radius 1 is 0.958 bits per heavy atom. The van der Waals surface area contributed by atoms with Crippen molar-refractivity contribution in [2.45, 2.75) is 24.2 Å². The molecule has 1 aliphatic rings. The van der Waals surface area contributed by atoms with Gasteiger partial charge < -0.3 is 9.64 Å². The van der Waals surface area contributed by atoms with Crippen molar-refractivity contribution in [3.8, 4) is 5.75 Å². The van der Waals surface area contributed by atoms with Gasteiger partial charge in [-0.05, 0) is 55.7 Å². The Hall–Kier alpha value is -2.21. The Morgan fingerprint density at radius 2 is 1.62 bits per heavy atom. The van der Waals surface area contributed by atoms with Crippen LogP contribution in [0.3, 0.4) is 0 Å². The summed E-state index contributed by atoms with van der Waals surface area (Å²) in [6, 6.07) is 14.1. The van der Waals surface area contributed by atoms with Crippen LogP contribution in [-0.2, 0) is 10.0 Å². The number of para-hydroxylation sites is 1. The van der Waals surface area contributed by atoms with Crippen LogP contribution in [0.4, 0.5) is 11.4 Å². The maximum Gasteiger partial charge on any atom is 0.265 e. The lowest BCUT2D eigenvalue weighted by atomic mass is 10.1. The molecule has 0 unspecified atom stereocenters. The van der Waals surface area contributed by atoms with Gasteiger partial charge in [-0.25, -0.2) is 8.42 Å². The Labute approximate surface area is 143 Å². The number of piperidine rings is 1. The summed E-state index contributed by atoms with van der Waals surface area (Å²) in [5.41, 5.74) is 1.68. The van der Waals surface area contributed by atoms with Gasteiger partial charge in [0.15, 0.2) is 0 Å². The predicted molar refractivity (Wildman–Crippen MR) is 96.3 cm³/mol. The fourth-order valence-corrected chi connectivity index (χ4v) is 4.17. The van der Waals surface area contributed by atoms with Crippen molar-refractivity contribution in [1.29, 1.82) is 0 Å². The summed E-state index contributed by atoms with van der Waals surface area (Å²) >= 11 is 0. The molecule has 1 N–H and O–H groups in total. The summed E-state index contributed by atoms with van der Waals surface area (Å²) in [6.07, 6.45) is 3.71. The van der Waals surface area contributed by atoms with E-state index < -0.39 is 10.0 Å². The van der Waals surface area contributed by atoms with Gasteiger partial charge in [-0.1, -0.05) is 12.1 Å². The highest BCUT2D eigenvalue weighted by Gasteiger charge is 2.19. The van der Waals surface area contributed by atoms with Gasteiger partial charge in [0.2, 0.25) is 0 Å². The molecule has 0 saturated carbocycles. The molecule has 0 atom stereocenters.